The van der Waals surface area contributed by atoms with Gasteiger partial charge in [-0.25, -0.2) is 4.79 Å². The molecule has 1 N–H and O–H groups in total. The van der Waals surface area contributed by atoms with Crippen molar-refractivity contribution in [2.75, 3.05) is 26.1 Å². The number of methoxy groups -OCH3 is 2. The second-order valence-corrected chi connectivity index (χ2v) is 8.04. The fraction of sp³-hybridized carbons (Fsp3) is 0.148. The minimum Gasteiger partial charge on any atom is -0.495 e. The van der Waals surface area contributed by atoms with E-state index in [4.69, 9.17) is 18.6 Å². The Bertz CT molecular complexity index is 1630. The van der Waals surface area contributed by atoms with Gasteiger partial charge in [-0.3, -0.25) is 9.59 Å². The molecule has 0 aliphatic rings. The van der Waals surface area contributed by atoms with E-state index in [0.29, 0.717) is 33.5 Å². The minimum atomic E-state index is -0.637. The largest absolute Gasteiger partial charge is 0.495 e. The number of hydrogen-bond acceptors (Lipinski definition) is 7. The lowest BCUT2D eigenvalue weighted by Gasteiger charge is -2.11. The smallest absolute Gasteiger partial charge is 0.340 e. The zero-order valence-electron chi connectivity index (χ0n) is 19.6. The number of hydrogen-bond donors (Lipinski definition) is 1. The van der Waals surface area contributed by atoms with Gasteiger partial charge >= 0.3 is 11.9 Å². The Kier molecular flexibility index (Phi) is 6.03. The van der Waals surface area contributed by atoms with Crippen molar-refractivity contribution in [2.24, 2.45) is 0 Å². The number of fused-ring (bicyclic) bond motifs is 4. The van der Waals surface area contributed by atoms with Crippen LogP contribution in [0.25, 0.3) is 32.8 Å². The Morgan fingerprint density at radius 3 is 2.44 bits per heavy atom. The average Bonchev–Trinajstić information content (AvgIpc) is 3.44. The number of carbonyl (C=O) groups excluding carboxylic acids is 3. The van der Waals surface area contributed by atoms with Crippen LogP contribution >= 0.6 is 0 Å². The lowest BCUT2D eigenvalue weighted by Crippen LogP contribution is -2.23. The predicted octanol–water partition coefficient (Wildman–Crippen LogP) is 4.52. The van der Waals surface area contributed by atoms with Gasteiger partial charge in [0.15, 0.2) is 6.61 Å². The number of benzene rings is 3. The highest BCUT2D eigenvalue weighted by atomic mass is 16.5. The molecule has 0 atom stereocenters. The molecule has 9 nitrogen and oxygen atoms in total. The number of esters is 2. The summed E-state index contributed by atoms with van der Waals surface area (Å²) in [4.78, 5) is 37.1. The van der Waals surface area contributed by atoms with Gasteiger partial charge in [0, 0.05) is 33.9 Å². The molecule has 5 rings (SSSR count). The summed E-state index contributed by atoms with van der Waals surface area (Å²) in [5, 5.41) is 5.15. The molecule has 5 aromatic rings. The van der Waals surface area contributed by atoms with Crippen molar-refractivity contribution in [3.05, 3.63) is 72.4 Å². The number of ether oxygens (including phenoxy) is 3. The molecule has 0 spiro atoms. The first-order valence-corrected chi connectivity index (χ1v) is 11.1. The molecule has 0 aliphatic heterocycles. The highest BCUT2D eigenvalue weighted by Crippen LogP contribution is 2.36. The molecule has 0 saturated carbocycles. The number of carbonyl (C=O) groups is 3. The van der Waals surface area contributed by atoms with Crippen molar-refractivity contribution in [1.29, 1.82) is 0 Å². The van der Waals surface area contributed by atoms with E-state index in [9.17, 15) is 14.4 Å². The van der Waals surface area contributed by atoms with Gasteiger partial charge in [-0.2, -0.15) is 0 Å². The molecule has 0 bridgehead atoms. The lowest BCUT2D eigenvalue weighted by molar-refractivity contribution is -0.147. The van der Waals surface area contributed by atoms with Crippen molar-refractivity contribution >= 4 is 56.4 Å². The van der Waals surface area contributed by atoms with Gasteiger partial charge in [0.1, 0.15) is 23.5 Å². The molecular formula is C27H22N2O7. The Labute approximate surface area is 205 Å². The molecule has 0 aliphatic carbocycles. The molecule has 9 heteroatoms. The van der Waals surface area contributed by atoms with Crippen LogP contribution in [0.1, 0.15) is 10.4 Å². The number of nitrogens with zero attached hydrogens (tertiary/aromatic N) is 1. The number of amides is 1. The van der Waals surface area contributed by atoms with Crippen LogP contribution in [0.4, 0.5) is 5.69 Å². The summed E-state index contributed by atoms with van der Waals surface area (Å²) in [5.74, 6) is -1.23. The summed E-state index contributed by atoms with van der Waals surface area (Å²) < 4.78 is 22.9. The third kappa shape index (κ3) is 4.22. The fourth-order valence-corrected chi connectivity index (χ4v) is 4.19. The van der Waals surface area contributed by atoms with Crippen LogP contribution < -0.4 is 10.1 Å². The zero-order valence-corrected chi connectivity index (χ0v) is 19.6. The maximum atomic E-state index is 12.5. The number of aromatic nitrogens is 1. The van der Waals surface area contributed by atoms with Crippen LogP contribution in [0.15, 0.2) is 71.3 Å². The van der Waals surface area contributed by atoms with Gasteiger partial charge in [-0.1, -0.05) is 36.4 Å². The number of furan rings is 1. The van der Waals surface area contributed by atoms with E-state index in [-0.39, 0.29) is 6.54 Å². The van der Waals surface area contributed by atoms with Crippen molar-refractivity contribution in [3.63, 3.8) is 0 Å². The van der Waals surface area contributed by atoms with Crippen molar-refractivity contribution in [2.45, 2.75) is 6.54 Å². The highest BCUT2D eigenvalue weighted by molar-refractivity contribution is 6.08. The topological polar surface area (TPSA) is 109 Å². The average molecular weight is 486 g/mol. The number of para-hydroxylation sites is 2. The van der Waals surface area contributed by atoms with Gasteiger partial charge in [0.2, 0.25) is 0 Å². The summed E-state index contributed by atoms with van der Waals surface area (Å²) in [6.07, 6.45) is 1.53. The molecule has 3 aromatic carbocycles. The number of nitrogens with one attached hydrogen (secondary N) is 1. The Balaban J connectivity index is 1.28. The number of rotatable bonds is 7. The van der Waals surface area contributed by atoms with Gasteiger partial charge in [0.05, 0.1) is 25.5 Å². The predicted molar refractivity (Wildman–Crippen MR) is 133 cm³/mol. The van der Waals surface area contributed by atoms with Crippen molar-refractivity contribution in [3.8, 4) is 5.75 Å². The minimum absolute atomic E-state index is 0.181. The molecule has 0 radical (unpaired) electrons. The van der Waals surface area contributed by atoms with E-state index < -0.39 is 24.5 Å². The Morgan fingerprint density at radius 2 is 1.67 bits per heavy atom. The monoisotopic (exact) mass is 486 g/mol. The SMILES string of the molecule is COC(=O)c1cn(CC(=O)OCC(=O)Nc2cc3oc4ccccc4c3cc2OC)c2ccccc12. The Morgan fingerprint density at radius 1 is 0.917 bits per heavy atom. The molecule has 182 valence electrons. The number of anilines is 1. The van der Waals surface area contributed by atoms with E-state index in [1.165, 1.54) is 20.4 Å². The van der Waals surface area contributed by atoms with Crippen LogP contribution in [0, 0.1) is 0 Å². The van der Waals surface area contributed by atoms with Gasteiger partial charge in [-0.05, 0) is 18.2 Å². The van der Waals surface area contributed by atoms with E-state index in [0.717, 1.165) is 16.4 Å². The lowest BCUT2D eigenvalue weighted by atomic mass is 10.1. The first-order valence-electron chi connectivity index (χ1n) is 11.1. The first kappa shape index (κ1) is 23.0. The first-order chi connectivity index (χ1) is 17.5. The third-order valence-corrected chi connectivity index (χ3v) is 5.83. The van der Waals surface area contributed by atoms with Crippen LogP contribution in [0.3, 0.4) is 0 Å². The molecule has 2 heterocycles. The standard InChI is InChI=1S/C27H22N2O7/c1-33-24-11-18-17-8-4-6-10-22(17)36-23(18)12-20(24)28-25(30)15-35-26(31)14-29-13-19(27(32)34-2)16-7-3-5-9-21(16)29/h3-13H,14-15H2,1-2H3,(H,28,30). The van der Waals surface area contributed by atoms with E-state index in [1.807, 2.05) is 24.3 Å². The van der Waals surface area contributed by atoms with Gasteiger partial charge in [-0.15, -0.1) is 0 Å². The fourth-order valence-electron chi connectivity index (χ4n) is 4.19. The van der Waals surface area contributed by atoms with Crippen LogP contribution in [-0.4, -0.2) is 43.2 Å². The summed E-state index contributed by atoms with van der Waals surface area (Å²) in [7, 11) is 2.80. The van der Waals surface area contributed by atoms with Crippen molar-refractivity contribution in [1.82, 2.24) is 4.57 Å². The van der Waals surface area contributed by atoms with E-state index >= 15 is 0 Å². The molecule has 0 unspecified atom stereocenters. The Hall–Kier alpha value is -4.79. The molecule has 0 saturated heterocycles. The summed E-state index contributed by atoms with van der Waals surface area (Å²) >= 11 is 0. The third-order valence-electron chi connectivity index (χ3n) is 5.83. The maximum Gasteiger partial charge on any atom is 0.340 e. The van der Waals surface area contributed by atoms with Crippen LogP contribution in [-0.2, 0) is 25.6 Å². The second-order valence-electron chi connectivity index (χ2n) is 8.04. The zero-order chi connectivity index (χ0) is 25.2. The normalized spacial score (nSPS) is 11.1. The molecule has 1 amide bonds. The molecular weight excluding hydrogens is 464 g/mol. The molecule has 2 aromatic heterocycles. The van der Waals surface area contributed by atoms with E-state index in [1.54, 1.807) is 41.0 Å². The summed E-state index contributed by atoms with van der Waals surface area (Å²) in [6.45, 7) is -0.678. The van der Waals surface area contributed by atoms with Crippen LogP contribution in [0.2, 0.25) is 0 Å². The van der Waals surface area contributed by atoms with Gasteiger partial charge < -0.3 is 28.5 Å². The quantitative estimate of drug-likeness (QED) is 0.337. The van der Waals surface area contributed by atoms with E-state index in [2.05, 4.69) is 5.32 Å². The van der Waals surface area contributed by atoms with Crippen molar-refractivity contribution < 1.29 is 33.0 Å². The van der Waals surface area contributed by atoms with Gasteiger partial charge in [0.25, 0.3) is 5.91 Å². The summed E-state index contributed by atoms with van der Waals surface area (Å²) in [5.41, 5.74) is 2.71. The molecule has 36 heavy (non-hydrogen) atoms. The van der Waals surface area contributed by atoms with Crippen LogP contribution in [0.5, 0.6) is 5.75 Å². The highest BCUT2D eigenvalue weighted by Gasteiger charge is 2.18. The molecule has 0 fully saturated rings. The second kappa shape index (κ2) is 9.46. The maximum absolute atomic E-state index is 12.5. The summed E-state index contributed by atoms with van der Waals surface area (Å²) in [6, 6.07) is 18.2.